The van der Waals surface area contributed by atoms with Crippen molar-refractivity contribution in [2.45, 2.75) is 46.9 Å². The van der Waals surface area contributed by atoms with E-state index in [2.05, 4.69) is 0 Å². The lowest BCUT2D eigenvalue weighted by atomic mass is 9.98. The van der Waals surface area contributed by atoms with Gasteiger partial charge in [-0.05, 0) is 36.2 Å². The van der Waals surface area contributed by atoms with E-state index in [9.17, 15) is 20.4 Å². The summed E-state index contributed by atoms with van der Waals surface area (Å²) in [4.78, 5) is 1.71. The lowest BCUT2D eigenvalue weighted by Crippen LogP contribution is -2.56. The van der Waals surface area contributed by atoms with E-state index in [1.807, 2.05) is 24.3 Å². The molecule has 1 aromatic heterocycles. The zero-order chi connectivity index (χ0) is 23.0. The summed E-state index contributed by atoms with van der Waals surface area (Å²) in [6, 6.07) is 11.1. The van der Waals surface area contributed by atoms with Gasteiger partial charge in [0.05, 0.1) is 17.1 Å². The van der Waals surface area contributed by atoms with Gasteiger partial charge in [0.25, 0.3) is 0 Å². The highest BCUT2D eigenvalue weighted by Gasteiger charge is 2.44. The summed E-state index contributed by atoms with van der Waals surface area (Å²) in [6.07, 6.45) is -4.21. The first-order chi connectivity index (χ1) is 15.3. The largest absolute Gasteiger partial charge is 0.396 e. The molecule has 0 aliphatic carbocycles. The molecule has 0 saturated carbocycles. The predicted molar refractivity (Wildman–Crippen MR) is 122 cm³/mol. The second-order valence-corrected chi connectivity index (χ2v) is 9.58. The zero-order valence-electron chi connectivity index (χ0n) is 16.8. The van der Waals surface area contributed by atoms with Crippen LogP contribution in [-0.4, -0.2) is 67.7 Å². The molecule has 1 aliphatic rings. The first kappa shape index (κ1) is 23.8. The van der Waals surface area contributed by atoms with E-state index in [0.29, 0.717) is 27.4 Å². The van der Waals surface area contributed by atoms with Gasteiger partial charge in [0.2, 0.25) is 0 Å². The number of ether oxygens (including phenoxy) is 1. The van der Waals surface area contributed by atoms with E-state index in [4.69, 9.17) is 33.0 Å². The number of hydrogen-bond donors (Lipinski definition) is 5. The van der Waals surface area contributed by atoms with Crippen LogP contribution in [0.2, 0.25) is 10.0 Å². The van der Waals surface area contributed by atoms with E-state index < -0.39 is 37.3 Å². The van der Waals surface area contributed by atoms with Gasteiger partial charge in [0, 0.05) is 33.0 Å². The highest BCUT2D eigenvalue weighted by Crippen LogP contribution is 2.43. The lowest BCUT2D eigenvalue weighted by molar-refractivity contribution is -0.250. The van der Waals surface area contributed by atoms with Crippen molar-refractivity contribution in [1.82, 2.24) is 4.57 Å². The van der Waals surface area contributed by atoms with Crippen molar-refractivity contribution in [3.05, 3.63) is 58.2 Å². The Morgan fingerprint density at radius 2 is 1.69 bits per heavy atom. The third-order valence-corrected chi connectivity index (χ3v) is 7.06. The van der Waals surface area contributed by atoms with Crippen LogP contribution in [0.1, 0.15) is 11.8 Å². The van der Waals surface area contributed by atoms with Crippen LogP contribution in [0, 0.1) is 0 Å². The van der Waals surface area contributed by atoms with Crippen molar-refractivity contribution in [2.75, 3.05) is 13.2 Å². The molecule has 7 nitrogen and oxygen atoms in total. The van der Waals surface area contributed by atoms with Gasteiger partial charge >= 0.3 is 0 Å². The predicted octanol–water partition coefficient (Wildman–Crippen LogP) is 2.61. The molecule has 3 aromatic rings. The zero-order valence-corrected chi connectivity index (χ0v) is 19.1. The maximum absolute atomic E-state index is 10.6. The number of fused-ring (bicyclic) bond motifs is 1. The molecule has 0 spiro atoms. The number of halogens is 2. The summed E-state index contributed by atoms with van der Waals surface area (Å²) >= 11 is 14.2. The van der Waals surface area contributed by atoms with Crippen LogP contribution in [0.5, 0.6) is 0 Å². The highest BCUT2D eigenvalue weighted by atomic mass is 35.5. The Balaban J connectivity index is 1.77. The van der Waals surface area contributed by atoms with Crippen molar-refractivity contribution in [3.63, 3.8) is 0 Å². The highest BCUT2D eigenvalue weighted by molar-refractivity contribution is 7.99. The number of rotatable bonds is 6. The fourth-order valence-electron chi connectivity index (χ4n) is 3.85. The van der Waals surface area contributed by atoms with Gasteiger partial charge < -0.3 is 34.8 Å². The Morgan fingerprint density at radius 1 is 0.969 bits per heavy atom. The molecule has 1 fully saturated rings. The van der Waals surface area contributed by atoms with Crippen molar-refractivity contribution >= 4 is 45.9 Å². The molecule has 4 rings (SSSR count). The van der Waals surface area contributed by atoms with Gasteiger partial charge in [-0.2, -0.15) is 0 Å². The number of aliphatic hydroxyl groups excluding tert-OH is 5. The summed E-state index contributed by atoms with van der Waals surface area (Å²) < 4.78 is 7.35. The molecule has 5 atom stereocenters. The van der Waals surface area contributed by atoms with Crippen LogP contribution >= 0.6 is 35.0 Å². The molecule has 2 heterocycles. The molecule has 0 radical (unpaired) electrons. The second kappa shape index (κ2) is 9.89. The Bertz CT molecular complexity index is 1090. The molecule has 1 saturated heterocycles. The molecule has 5 N–H and O–H groups in total. The van der Waals surface area contributed by atoms with Gasteiger partial charge in [-0.15, -0.1) is 0 Å². The molecule has 0 unspecified atom stereocenters. The normalized spacial score (nSPS) is 26.0. The van der Waals surface area contributed by atoms with E-state index in [-0.39, 0.29) is 6.61 Å². The average molecular weight is 500 g/mol. The van der Waals surface area contributed by atoms with Gasteiger partial charge in [0.15, 0.2) is 6.23 Å². The first-order valence-corrected chi connectivity index (χ1v) is 11.6. The van der Waals surface area contributed by atoms with Crippen molar-refractivity contribution < 1.29 is 30.3 Å². The molecule has 0 bridgehead atoms. The van der Waals surface area contributed by atoms with E-state index in [0.717, 1.165) is 15.4 Å². The minimum absolute atomic E-state index is 0.0788. The third kappa shape index (κ3) is 4.52. The number of hydrogen-bond acceptors (Lipinski definition) is 7. The van der Waals surface area contributed by atoms with Crippen molar-refractivity contribution in [2.24, 2.45) is 0 Å². The standard InChI is InChI=1S/C22H23Cl2NO6S/c23-12-7-14(24)18-15(8-12)25(22-21(30)20(29)19(28)16(10-27)31-22)9-17(18)32-13-3-1-11(2-4-13)5-6-26/h1-4,7-9,16,19-22,26-30H,5-6,10H2/t16-,19-,20+,21-,22-/m1/s1. The minimum atomic E-state index is -1.51. The smallest absolute Gasteiger partial charge is 0.163 e. The molecular formula is C22H23Cl2NO6S. The summed E-state index contributed by atoms with van der Waals surface area (Å²) in [5, 5.41) is 51.1. The molecule has 1 aliphatic heterocycles. The van der Waals surface area contributed by atoms with Crippen LogP contribution < -0.4 is 0 Å². The SMILES string of the molecule is OCCc1ccc(Sc2cn([C@@H]3O[C@H](CO)[C@@H](O)[C@H](O)[C@H]3O)c3cc(Cl)cc(Cl)c23)cc1. The van der Waals surface area contributed by atoms with Gasteiger partial charge in [0.1, 0.15) is 24.4 Å². The molecule has 0 amide bonds. The summed E-state index contributed by atoms with van der Waals surface area (Å²) in [5.74, 6) is 0. The monoisotopic (exact) mass is 499 g/mol. The van der Waals surface area contributed by atoms with Crippen LogP contribution in [0.25, 0.3) is 10.9 Å². The first-order valence-electron chi connectivity index (χ1n) is 10.0. The van der Waals surface area contributed by atoms with E-state index in [1.165, 1.54) is 11.8 Å². The third-order valence-electron chi connectivity index (χ3n) is 5.51. The summed E-state index contributed by atoms with van der Waals surface area (Å²) in [6.45, 7) is -0.445. The van der Waals surface area contributed by atoms with E-state index in [1.54, 1.807) is 22.9 Å². The van der Waals surface area contributed by atoms with Crippen LogP contribution in [0.15, 0.2) is 52.4 Å². The number of nitrogens with zero attached hydrogens (tertiary/aromatic N) is 1. The van der Waals surface area contributed by atoms with Crippen LogP contribution in [0.4, 0.5) is 0 Å². The number of aliphatic hydroxyl groups is 5. The maximum Gasteiger partial charge on any atom is 0.163 e. The number of benzene rings is 2. The van der Waals surface area contributed by atoms with Gasteiger partial charge in [-0.3, -0.25) is 0 Å². The van der Waals surface area contributed by atoms with Crippen molar-refractivity contribution in [1.29, 1.82) is 0 Å². The topological polar surface area (TPSA) is 115 Å². The Kier molecular flexibility index (Phi) is 7.36. The van der Waals surface area contributed by atoms with Crippen LogP contribution in [0.3, 0.4) is 0 Å². The second-order valence-electron chi connectivity index (χ2n) is 7.62. The quantitative estimate of drug-likeness (QED) is 0.354. The summed E-state index contributed by atoms with van der Waals surface area (Å²) in [7, 11) is 0. The molecule has 32 heavy (non-hydrogen) atoms. The molecule has 2 aromatic carbocycles. The average Bonchev–Trinajstić information content (AvgIpc) is 3.12. The van der Waals surface area contributed by atoms with Gasteiger partial charge in [-0.1, -0.05) is 47.1 Å². The maximum atomic E-state index is 10.6. The Morgan fingerprint density at radius 3 is 2.34 bits per heavy atom. The lowest BCUT2D eigenvalue weighted by Gasteiger charge is -2.40. The molecule has 172 valence electrons. The number of aromatic nitrogens is 1. The Labute approximate surface area is 198 Å². The van der Waals surface area contributed by atoms with Gasteiger partial charge in [-0.25, -0.2) is 0 Å². The van der Waals surface area contributed by atoms with E-state index >= 15 is 0 Å². The van der Waals surface area contributed by atoms with Crippen LogP contribution in [-0.2, 0) is 11.2 Å². The fraction of sp³-hybridized carbons (Fsp3) is 0.364. The molecular weight excluding hydrogens is 477 g/mol. The molecule has 10 heteroatoms. The minimum Gasteiger partial charge on any atom is -0.396 e. The van der Waals surface area contributed by atoms with Crippen molar-refractivity contribution in [3.8, 4) is 0 Å². The Hall–Kier alpha value is -1.33. The summed E-state index contributed by atoms with van der Waals surface area (Å²) in [5.41, 5.74) is 1.59. The fourth-order valence-corrected chi connectivity index (χ4v) is 5.50.